The van der Waals surface area contributed by atoms with Crippen LogP contribution in [0.2, 0.25) is 5.02 Å². The number of thiophene rings is 1. The molecule has 0 aliphatic carbocycles. The van der Waals surface area contributed by atoms with Gasteiger partial charge in [0.2, 0.25) is 5.91 Å². The topological polar surface area (TPSA) is 84.4 Å². The summed E-state index contributed by atoms with van der Waals surface area (Å²) in [6.45, 7) is 2.73. The van der Waals surface area contributed by atoms with E-state index in [1.165, 1.54) is 22.6 Å². The molecule has 4 heterocycles. The highest BCUT2D eigenvalue weighted by Gasteiger charge is 2.32. The molecule has 2 aromatic heterocycles. The number of hydrogen-bond acceptors (Lipinski definition) is 8. The average molecular weight is 493 g/mol. The van der Waals surface area contributed by atoms with Crippen molar-refractivity contribution in [2.24, 2.45) is 0 Å². The Morgan fingerprint density at radius 1 is 1.28 bits per heavy atom. The number of aromatic nitrogens is 2. The molecule has 0 unspecified atom stereocenters. The molecule has 0 spiro atoms. The third-order valence-electron chi connectivity index (χ3n) is 5.37. The van der Waals surface area contributed by atoms with Crippen molar-refractivity contribution in [3.8, 4) is 17.0 Å². The van der Waals surface area contributed by atoms with Crippen LogP contribution in [0.25, 0.3) is 21.5 Å². The Morgan fingerprint density at radius 2 is 2.12 bits per heavy atom. The molecule has 32 heavy (non-hydrogen) atoms. The standard InChI is InChI=1S/C21H18ClFN4O3S2/c1-10-2-11(22)3-13(19(10)30-16-6-24-5-14(16)23)18-20-15(25-9-26-18)4-12(32-20)7-27-17(28)8-31-21(27)29/h2-4,9,14,16,24H,5-8H2,1H3/t14-,16+/m0/s1. The third kappa shape index (κ3) is 3.96. The fourth-order valence-corrected chi connectivity index (χ4v) is 5.91. The maximum atomic E-state index is 14.2. The minimum Gasteiger partial charge on any atom is -0.485 e. The minimum absolute atomic E-state index is 0.170. The van der Waals surface area contributed by atoms with Crippen LogP contribution < -0.4 is 10.1 Å². The second-order valence-corrected chi connectivity index (χ2v) is 10.1. The van der Waals surface area contributed by atoms with E-state index in [0.29, 0.717) is 34.1 Å². The van der Waals surface area contributed by atoms with E-state index in [0.717, 1.165) is 26.9 Å². The Morgan fingerprint density at radius 3 is 2.84 bits per heavy atom. The number of imide groups is 1. The number of alkyl halides is 1. The summed E-state index contributed by atoms with van der Waals surface area (Å²) in [5.41, 5.74) is 2.73. The number of rotatable bonds is 5. The summed E-state index contributed by atoms with van der Waals surface area (Å²) < 4.78 is 21.1. The van der Waals surface area contributed by atoms with E-state index in [1.54, 1.807) is 12.1 Å². The fraction of sp³-hybridized carbons (Fsp3) is 0.333. The first-order chi connectivity index (χ1) is 15.4. The SMILES string of the molecule is Cc1cc(Cl)cc(-c2ncnc3cc(CN4C(=O)CSC4=O)sc23)c1O[C@@H]1CNC[C@@H]1F. The van der Waals surface area contributed by atoms with E-state index < -0.39 is 12.3 Å². The number of nitrogens with one attached hydrogen (secondary N) is 1. The molecule has 2 fully saturated rings. The highest BCUT2D eigenvalue weighted by atomic mass is 35.5. The maximum Gasteiger partial charge on any atom is 0.289 e. The van der Waals surface area contributed by atoms with E-state index in [9.17, 15) is 14.0 Å². The number of nitrogens with zero attached hydrogens (tertiary/aromatic N) is 3. The van der Waals surface area contributed by atoms with Gasteiger partial charge in [0.25, 0.3) is 5.24 Å². The van der Waals surface area contributed by atoms with Crippen molar-refractivity contribution in [3.05, 3.63) is 40.0 Å². The van der Waals surface area contributed by atoms with E-state index in [4.69, 9.17) is 16.3 Å². The van der Waals surface area contributed by atoms with Gasteiger partial charge in [-0.15, -0.1) is 11.3 Å². The molecule has 5 rings (SSSR count). The summed E-state index contributed by atoms with van der Waals surface area (Å²) in [6, 6.07) is 5.38. The Labute approximate surface area is 196 Å². The van der Waals surface area contributed by atoms with Gasteiger partial charge in [0.05, 0.1) is 28.2 Å². The first kappa shape index (κ1) is 21.6. The monoisotopic (exact) mass is 492 g/mol. The van der Waals surface area contributed by atoms with Gasteiger partial charge in [-0.05, 0) is 30.7 Å². The van der Waals surface area contributed by atoms with Crippen molar-refractivity contribution in [2.45, 2.75) is 25.7 Å². The fourth-order valence-electron chi connectivity index (χ4n) is 3.82. The quantitative estimate of drug-likeness (QED) is 0.571. The Hall–Kier alpha value is -2.27. The van der Waals surface area contributed by atoms with E-state index in [-0.39, 0.29) is 30.0 Å². The summed E-state index contributed by atoms with van der Waals surface area (Å²) in [5, 5.41) is 3.27. The summed E-state index contributed by atoms with van der Waals surface area (Å²) in [6.07, 6.45) is -0.259. The first-order valence-electron chi connectivity index (χ1n) is 9.93. The number of carbonyl (C=O) groups excluding carboxylic acids is 2. The second kappa shape index (κ2) is 8.58. The van der Waals surface area contributed by atoms with Crippen molar-refractivity contribution in [1.82, 2.24) is 20.2 Å². The number of thioether (sulfide) groups is 1. The van der Waals surface area contributed by atoms with Crippen LogP contribution in [-0.2, 0) is 11.3 Å². The van der Waals surface area contributed by atoms with Crippen molar-refractivity contribution in [3.63, 3.8) is 0 Å². The molecule has 2 aliphatic rings. The number of ether oxygens (including phenoxy) is 1. The molecule has 7 nitrogen and oxygen atoms in total. The number of halogens is 2. The molecule has 1 aromatic carbocycles. The Kier molecular flexibility index (Phi) is 5.79. The molecule has 0 bridgehead atoms. The summed E-state index contributed by atoms with van der Waals surface area (Å²) >= 11 is 8.77. The minimum atomic E-state index is -1.11. The van der Waals surface area contributed by atoms with Gasteiger partial charge < -0.3 is 10.1 Å². The van der Waals surface area contributed by atoms with Gasteiger partial charge in [-0.3, -0.25) is 14.5 Å². The van der Waals surface area contributed by atoms with Crippen molar-refractivity contribution < 1.29 is 18.7 Å². The first-order valence-corrected chi connectivity index (χ1v) is 12.1. The lowest BCUT2D eigenvalue weighted by atomic mass is 10.1. The van der Waals surface area contributed by atoms with Crippen LogP contribution in [0.5, 0.6) is 5.75 Å². The number of aryl methyl sites for hydroxylation is 1. The normalized spacial score (nSPS) is 21.2. The van der Waals surface area contributed by atoms with E-state index >= 15 is 0 Å². The molecule has 0 radical (unpaired) electrons. The maximum absolute atomic E-state index is 14.2. The zero-order valence-corrected chi connectivity index (χ0v) is 19.3. The van der Waals surface area contributed by atoms with Crippen LogP contribution in [0.15, 0.2) is 24.5 Å². The van der Waals surface area contributed by atoms with Gasteiger partial charge in [0.1, 0.15) is 18.2 Å². The molecule has 2 aliphatic heterocycles. The molecule has 2 atom stereocenters. The van der Waals surface area contributed by atoms with Gasteiger partial charge in [0.15, 0.2) is 6.17 Å². The highest BCUT2D eigenvalue weighted by Crippen LogP contribution is 2.41. The smallest absolute Gasteiger partial charge is 0.289 e. The second-order valence-electron chi connectivity index (χ2n) is 7.61. The molecule has 11 heteroatoms. The number of benzene rings is 1. The Bertz CT molecular complexity index is 1220. The number of fused-ring (bicyclic) bond motifs is 1. The predicted molar refractivity (Wildman–Crippen MR) is 123 cm³/mol. The van der Waals surface area contributed by atoms with Crippen LogP contribution in [0.4, 0.5) is 9.18 Å². The molecule has 166 valence electrons. The molecule has 0 saturated carbocycles. The van der Waals surface area contributed by atoms with Gasteiger partial charge in [-0.2, -0.15) is 0 Å². The summed E-state index contributed by atoms with van der Waals surface area (Å²) in [7, 11) is 0. The molecule has 2 saturated heterocycles. The van der Waals surface area contributed by atoms with E-state index in [1.807, 2.05) is 13.0 Å². The van der Waals surface area contributed by atoms with Gasteiger partial charge in [-0.1, -0.05) is 23.4 Å². The zero-order valence-electron chi connectivity index (χ0n) is 16.9. The summed E-state index contributed by atoms with van der Waals surface area (Å²) in [5.74, 6) is 0.501. The third-order valence-corrected chi connectivity index (χ3v) is 7.56. The van der Waals surface area contributed by atoms with Gasteiger partial charge in [-0.25, -0.2) is 14.4 Å². The number of carbonyl (C=O) groups is 2. The van der Waals surface area contributed by atoms with E-state index in [2.05, 4.69) is 15.3 Å². The van der Waals surface area contributed by atoms with Gasteiger partial charge in [0, 0.05) is 28.6 Å². The molecule has 2 amide bonds. The lowest BCUT2D eigenvalue weighted by Crippen LogP contribution is -2.27. The largest absolute Gasteiger partial charge is 0.485 e. The lowest BCUT2D eigenvalue weighted by Gasteiger charge is -2.20. The summed E-state index contributed by atoms with van der Waals surface area (Å²) in [4.78, 5) is 34.9. The Balaban J connectivity index is 1.56. The van der Waals surface area contributed by atoms with Crippen molar-refractivity contribution in [2.75, 3.05) is 18.8 Å². The van der Waals surface area contributed by atoms with Crippen LogP contribution in [0.1, 0.15) is 10.4 Å². The lowest BCUT2D eigenvalue weighted by molar-refractivity contribution is -0.124. The molecular formula is C21H18ClFN4O3S2. The molecular weight excluding hydrogens is 475 g/mol. The zero-order chi connectivity index (χ0) is 22.4. The van der Waals surface area contributed by atoms with Gasteiger partial charge >= 0.3 is 0 Å². The highest BCUT2D eigenvalue weighted by molar-refractivity contribution is 8.14. The molecule has 3 aromatic rings. The number of hydrogen-bond donors (Lipinski definition) is 1. The molecule has 1 N–H and O–H groups in total. The predicted octanol–water partition coefficient (Wildman–Crippen LogP) is 4.20. The van der Waals surface area contributed by atoms with Crippen molar-refractivity contribution >= 4 is 56.1 Å². The van der Waals surface area contributed by atoms with Crippen LogP contribution in [-0.4, -0.2) is 57.1 Å². The average Bonchev–Trinajstić information content (AvgIpc) is 3.44. The van der Waals surface area contributed by atoms with Crippen molar-refractivity contribution in [1.29, 1.82) is 0 Å². The van der Waals surface area contributed by atoms with Crippen LogP contribution in [0, 0.1) is 6.92 Å². The van der Waals surface area contributed by atoms with Crippen LogP contribution in [0.3, 0.4) is 0 Å². The number of amides is 2. The van der Waals surface area contributed by atoms with Crippen LogP contribution >= 0.6 is 34.7 Å².